The molecule has 8 rings (SSSR count). The second-order valence-corrected chi connectivity index (χ2v) is 24.2. The molecule has 4 aromatic heterocycles. The number of ether oxygens (including phenoxy) is 4. The molecule has 5 amide bonds. The smallest absolute Gasteiger partial charge is 0.343 e. The maximum Gasteiger partial charge on any atom is 0.343 e. The lowest BCUT2D eigenvalue weighted by Crippen LogP contribution is -2.56. The number of benzene rings is 1. The number of sulfone groups is 1. The standard InChI is InChI=1S/C59H79N13O14S/c1-8-20-70(23-19-38-39-24-47-48(86-35-85-47)26-44(39)64-53-40(38)30-72-46(53)25-42-41(56(72)78)32-84-57(79)59(42,80)9-2)51(75)33-83-34-63-50(74)29-60-54(76)43(17-14-16-21-69(10-3)11-4)65-55(77)52(36(5)6)66-49(73)18-13-12-15-22-71-31-45(67-68-71)37-27-61-58(62-28-37)87(7,81)82/h24-28,31,36,43,52,80H,8-23,29-30,32-35H2,1-7H3,(H,60,76)(H,63,74)(H,65,77)(H,66,73)/t43-,52-,59-/m0/s1. The summed E-state index contributed by atoms with van der Waals surface area (Å²) >= 11 is 0. The maximum absolute atomic E-state index is 14.1. The molecule has 7 heterocycles. The lowest BCUT2D eigenvalue weighted by molar-refractivity contribution is -0.172. The van der Waals surface area contributed by atoms with Crippen LogP contribution < -0.4 is 36.3 Å². The summed E-state index contributed by atoms with van der Waals surface area (Å²) in [6, 6.07) is 3.30. The number of carbonyl (C=O) groups is 6. The fourth-order valence-corrected chi connectivity index (χ4v) is 11.4. The Balaban J connectivity index is 0.820. The number of carbonyl (C=O) groups excluding carboxylic acids is 6. The molecule has 0 fully saturated rings. The number of fused-ring (bicyclic) bond motifs is 6. The zero-order chi connectivity index (χ0) is 62.6. The molecule has 5 aromatic rings. The molecule has 3 aliphatic rings. The summed E-state index contributed by atoms with van der Waals surface area (Å²) < 4.78 is 49.0. The zero-order valence-electron chi connectivity index (χ0n) is 50.4. The molecule has 3 atom stereocenters. The molecule has 0 radical (unpaired) electrons. The van der Waals surface area contributed by atoms with Gasteiger partial charge in [-0.2, -0.15) is 0 Å². The Hall–Kier alpha value is -7.95. The number of hydrogen-bond acceptors (Lipinski definition) is 20. The Bertz CT molecular complexity index is 3520. The number of hydrogen-bond donors (Lipinski definition) is 5. The summed E-state index contributed by atoms with van der Waals surface area (Å²) in [7, 11) is -3.55. The number of esters is 1. The SMILES string of the molecule is CCCN(CCc1c2c(nc3cc4c(cc13)OCO4)-c1cc3c(c(=O)n1C2)COC(=O)[C@]3(O)CC)C(=O)COCNC(=O)CNC(=O)[C@H](CCCCN(CC)CC)NC(=O)[C@@H](NC(=O)CCCCCn1cc(-c2cnc(S(C)(=O)=O)nc2)nn1)C(C)C. The van der Waals surface area contributed by atoms with Crippen LogP contribution in [0.2, 0.25) is 0 Å². The fourth-order valence-electron chi connectivity index (χ4n) is 10.9. The third-order valence-corrected chi connectivity index (χ3v) is 16.8. The van der Waals surface area contributed by atoms with Crippen molar-refractivity contribution in [2.75, 3.05) is 65.7 Å². The van der Waals surface area contributed by atoms with Crippen molar-refractivity contribution in [3.05, 3.63) is 69.4 Å². The monoisotopic (exact) mass is 1230 g/mol. The highest BCUT2D eigenvalue weighted by Crippen LogP contribution is 2.43. The first-order chi connectivity index (χ1) is 41.7. The summed E-state index contributed by atoms with van der Waals surface area (Å²) in [5.74, 6) is -2.51. The van der Waals surface area contributed by atoms with Crippen molar-refractivity contribution in [3.63, 3.8) is 0 Å². The predicted octanol–water partition coefficient (Wildman–Crippen LogP) is 2.65. The first-order valence-electron chi connectivity index (χ1n) is 29.7. The molecule has 1 aromatic carbocycles. The molecule has 0 unspecified atom stereocenters. The normalized spacial score (nSPS) is 15.6. The zero-order valence-corrected chi connectivity index (χ0v) is 51.3. The first-order valence-corrected chi connectivity index (χ1v) is 31.6. The van der Waals surface area contributed by atoms with Gasteiger partial charge in [-0.25, -0.2) is 28.2 Å². The van der Waals surface area contributed by atoms with E-state index in [0.29, 0.717) is 91.3 Å². The van der Waals surface area contributed by atoms with E-state index in [4.69, 9.17) is 23.9 Å². The van der Waals surface area contributed by atoms with Crippen molar-refractivity contribution in [1.29, 1.82) is 0 Å². The number of nitrogens with zero attached hydrogens (tertiary/aromatic N) is 9. The molecule has 0 bridgehead atoms. The van der Waals surface area contributed by atoms with E-state index in [-0.39, 0.29) is 93.1 Å². The summed E-state index contributed by atoms with van der Waals surface area (Å²) in [6.07, 6.45) is 10.1. The van der Waals surface area contributed by atoms with Crippen LogP contribution in [0.3, 0.4) is 0 Å². The summed E-state index contributed by atoms with van der Waals surface area (Å²) in [6.45, 7) is 13.7. The van der Waals surface area contributed by atoms with Gasteiger partial charge in [-0.1, -0.05) is 53.2 Å². The second kappa shape index (κ2) is 29.2. The molecule has 87 heavy (non-hydrogen) atoms. The Kier molecular flexibility index (Phi) is 21.8. The van der Waals surface area contributed by atoms with Crippen LogP contribution in [-0.2, 0) is 79.8 Å². The molecule has 0 saturated heterocycles. The molecule has 27 nitrogen and oxygen atoms in total. The van der Waals surface area contributed by atoms with Gasteiger partial charge in [0.05, 0.1) is 41.8 Å². The van der Waals surface area contributed by atoms with Gasteiger partial charge in [0.2, 0.25) is 51.3 Å². The average molecular weight is 1230 g/mol. The molecule has 28 heteroatoms. The minimum Gasteiger partial charge on any atom is -0.458 e. The fraction of sp³-hybridized carbons (Fsp3) is 0.559. The van der Waals surface area contributed by atoms with E-state index in [1.165, 1.54) is 12.4 Å². The van der Waals surface area contributed by atoms with Crippen molar-refractivity contribution in [1.82, 2.24) is 65.6 Å². The van der Waals surface area contributed by atoms with Crippen LogP contribution in [0.5, 0.6) is 11.5 Å². The molecule has 3 aliphatic heterocycles. The number of aliphatic hydroxyl groups is 1. The third kappa shape index (κ3) is 15.6. The average Bonchev–Trinajstić information content (AvgIpc) is 1.64. The number of cyclic esters (lactones) is 1. The van der Waals surface area contributed by atoms with E-state index in [0.717, 1.165) is 48.8 Å². The van der Waals surface area contributed by atoms with Gasteiger partial charge in [0.15, 0.2) is 17.1 Å². The lowest BCUT2D eigenvalue weighted by atomic mass is 9.86. The quantitative estimate of drug-likeness (QED) is 0.0175. The highest BCUT2D eigenvalue weighted by molar-refractivity contribution is 7.90. The number of amides is 5. The van der Waals surface area contributed by atoms with Gasteiger partial charge in [-0.3, -0.25) is 33.4 Å². The van der Waals surface area contributed by atoms with Crippen molar-refractivity contribution in [3.8, 4) is 34.1 Å². The van der Waals surface area contributed by atoms with E-state index in [9.17, 15) is 47.1 Å². The largest absolute Gasteiger partial charge is 0.458 e. The van der Waals surface area contributed by atoms with Crippen molar-refractivity contribution >= 4 is 56.2 Å². The minimum absolute atomic E-state index is 0.00587. The van der Waals surface area contributed by atoms with Crippen molar-refractivity contribution in [2.45, 2.75) is 148 Å². The van der Waals surface area contributed by atoms with Gasteiger partial charge in [-0.05, 0) is 94.6 Å². The van der Waals surface area contributed by atoms with Gasteiger partial charge in [-0.15, -0.1) is 5.10 Å². The molecule has 0 aliphatic carbocycles. The lowest BCUT2D eigenvalue weighted by Gasteiger charge is -2.31. The highest BCUT2D eigenvalue weighted by Gasteiger charge is 2.46. The van der Waals surface area contributed by atoms with Gasteiger partial charge in [0.25, 0.3) is 5.56 Å². The van der Waals surface area contributed by atoms with Crippen LogP contribution in [0.1, 0.15) is 122 Å². The van der Waals surface area contributed by atoms with Crippen molar-refractivity contribution < 1.29 is 61.2 Å². The van der Waals surface area contributed by atoms with Crippen LogP contribution in [0, 0.1) is 5.92 Å². The summed E-state index contributed by atoms with van der Waals surface area (Å²) in [4.78, 5) is 111. The van der Waals surface area contributed by atoms with E-state index < -0.39 is 63.3 Å². The van der Waals surface area contributed by atoms with E-state index in [1.54, 1.807) is 53.2 Å². The number of aryl methyl sites for hydroxylation is 1. The Labute approximate surface area is 504 Å². The van der Waals surface area contributed by atoms with E-state index in [2.05, 4.69) is 60.3 Å². The third-order valence-electron chi connectivity index (χ3n) is 15.9. The number of aromatic nitrogens is 7. The topological polar surface area (TPSA) is 340 Å². The van der Waals surface area contributed by atoms with Gasteiger partial charge in [0, 0.05) is 72.8 Å². The van der Waals surface area contributed by atoms with Gasteiger partial charge >= 0.3 is 5.97 Å². The maximum atomic E-state index is 14.1. The Morgan fingerprint density at radius 2 is 1.61 bits per heavy atom. The Morgan fingerprint density at radius 1 is 0.862 bits per heavy atom. The molecule has 0 saturated carbocycles. The van der Waals surface area contributed by atoms with E-state index >= 15 is 0 Å². The van der Waals surface area contributed by atoms with Crippen LogP contribution >= 0.6 is 0 Å². The van der Waals surface area contributed by atoms with Crippen LogP contribution in [0.15, 0.2) is 46.7 Å². The number of pyridine rings is 2. The molecular formula is C59H79N13O14S. The molecule has 5 N–H and O–H groups in total. The Morgan fingerprint density at radius 3 is 2.31 bits per heavy atom. The van der Waals surface area contributed by atoms with Crippen molar-refractivity contribution in [2.24, 2.45) is 5.92 Å². The van der Waals surface area contributed by atoms with Gasteiger partial charge in [0.1, 0.15) is 37.7 Å². The van der Waals surface area contributed by atoms with Crippen LogP contribution in [0.4, 0.5) is 0 Å². The number of unbranched alkanes of at least 4 members (excludes halogenated alkanes) is 3. The van der Waals surface area contributed by atoms with E-state index in [1.807, 2.05) is 13.0 Å². The number of rotatable bonds is 32. The van der Waals surface area contributed by atoms with Crippen LogP contribution in [0.25, 0.3) is 33.5 Å². The molecule has 0 spiro atoms. The second-order valence-electron chi connectivity index (χ2n) is 22.3. The van der Waals surface area contributed by atoms with Gasteiger partial charge < -0.3 is 59.7 Å². The summed E-state index contributed by atoms with van der Waals surface area (Å²) in [5, 5.41) is 31.1. The van der Waals surface area contributed by atoms with Crippen LogP contribution in [-0.4, -0.2) is 171 Å². The summed E-state index contributed by atoms with van der Waals surface area (Å²) in [5.41, 5.74) is 2.04. The number of nitrogens with one attached hydrogen (secondary N) is 4. The minimum atomic E-state index is -3.55. The predicted molar refractivity (Wildman–Crippen MR) is 316 cm³/mol. The highest BCUT2D eigenvalue weighted by atomic mass is 32.2. The molecule has 470 valence electrons. The first kappa shape index (κ1) is 65.0. The molecular weight excluding hydrogens is 1150 g/mol.